The van der Waals surface area contributed by atoms with Crippen LogP contribution in [-0.4, -0.2) is 63.8 Å². The summed E-state index contributed by atoms with van der Waals surface area (Å²) in [6.07, 6.45) is 0.824. The van der Waals surface area contributed by atoms with Gasteiger partial charge in [-0.2, -0.15) is 4.98 Å². The maximum atomic E-state index is 13.8. The molecule has 134 valence electrons. The van der Waals surface area contributed by atoms with Gasteiger partial charge in [0.1, 0.15) is 5.82 Å². The van der Waals surface area contributed by atoms with E-state index in [0.29, 0.717) is 37.8 Å². The van der Waals surface area contributed by atoms with E-state index >= 15 is 0 Å². The summed E-state index contributed by atoms with van der Waals surface area (Å²) in [5, 5.41) is 4.11. The molecule has 0 radical (unpaired) electrons. The van der Waals surface area contributed by atoms with Crippen molar-refractivity contribution in [3.63, 3.8) is 0 Å². The second-order valence-corrected chi connectivity index (χ2v) is 6.06. The van der Waals surface area contributed by atoms with Crippen LogP contribution in [0.2, 0.25) is 0 Å². The number of nitrogens with zero attached hydrogens (tertiary/aromatic N) is 5. The summed E-state index contributed by atoms with van der Waals surface area (Å²) in [6.45, 7) is 3.24. The van der Waals surface area contributed by atoms with Crippen LogP contribution in [0.5, 0.6) is 6.01 Å². The molecule has 2 aromatic rings. The number of ether oxygens (including phenoxy) is 1. The third-order valence-corrected chi connectivity index (χ3v) is 4.32. The Balaban J connectivity index is 1.63. The Bertz CT molecular complexity index is 748. The first-order chi connectivity index (χ1) is 12.1. The lowest BCUT2D eigenvalue weighted by Crippen LogP contribution is -2.35. The molecule has 0 bridgehead atoms. The molecular formula is C17H22FN5O2. The standard InChI is InChI=1S/C17H22FN5O2/c1-21-17(25-2)19-15(20-21)16(24)23-9-5-8-22(10-11-23)12-13-6-3-4-7-14(13)18/h3-4,6-7H,5,8-12H2,1-2H3. The van der Waals surface area contributed by atoms with Crippen molar-refractivity contribution in [3.8, 4) is 6.01 Å². The second kappa shape index (κ2) is 7.60. The van der Waals surface area contributed by atoms with Crippen LogP contribution >= 0.6 is 0 Å². The molecule has 7 nitrogen and oxygen atoms in total. The lowest BCUT2D eigenvalue weighted by atomic mass is 10.2. The number of aryl methyl sites for hydroxylation is 1. The molecule has 2 heterocycles. The van der Waals surface area contributed by atoms with Crippen LogP contribution in [-0.2, 0) is 13.6 Å². The minimum atomic E-state index is -0.202. The molecule has 1 amide bonds. The fourth-order valence-corrected chi connectivity index (χ4v) is 2.98. The molecular weight excluding hydrogens is 325 g/mol. The quantitative estimate of drug-likeness (QED) is 0.834. The van der Waals surface area contributed by atoms with Crippen LogP contribution in [0.15, 0.2) is 24.3 Å². The predicted molar refractivity (Wildman–Crippen MR) is 89.8 cm³/mol. The van der Waals surface area contributed by atoms with Gasteiger partial charge in [-0.1, -0.05) is 18.2 Å². The fraction of sp³-hybridized carbons (Fsp3) is 0.471. The van der Waals surface area contributed by atoms with E-state index in [4.69, 9.17) is 4.74 Å². The van der Waals surface area contributed by atoms with Gasteiger partial charge in [-0.15, -0.1) is 5.10 Å². The third kappa shape index (κ3) is 3.96. The minimum Gasteiger partial charge on any atom is -0.467 e. The first-order valence-corrected chi connectivity index (χ1v) is 8.28. The molecule has 0 aliphatic carbocycles. The zero-order chi connectivity index (χ0) is 17.8. The van der Waals surface area contributed by atoms with Crippen molar-refractivity contribution in [3.05, 3.63) is 41.5 Å². The summed E-state index contributed by atoms with van der Waals surface area (Å²) >= 11 is 0. The molecule has 0 spiro atoms. The zero-order valence-electron chi connectivity index (χ0n) is 14.5. The van der Waals surface area contributed by atoms with Crippen molar-refractivity contribution in [1.29, 1.82) is 0 Å². The van der Waals surface area contributed by atoms with Gasteiger partial charge in [0, 0.05) is 45.3 Å². The van der Waals surface area contributed by atoms with Gasteiger partial charge < -0.3 is 9.64 Å². The molecule has 1 fully saturated rings. The number of aromatic nitrogens is 3. The van der Waals surface area contributed by atoms with Gasteiger partial charge in [0.15, 0.2) is 0 Å². The Hall–Kier alpha value is -2.48. The SMILES string of the molecule is COc1nc(C(=O)N2CCCN(Cc3ccccc3F)CC2)nn1C. The first kappa shape index (κ1) is 17.3. The first-order valence-electron chi connectivity index (χ1n) is 8.28. The largest absolute Gasteiger partial charge is 0.467 e. The Labute approximate surface area is 146 Å². The van der Waals surface area contributed by atoms with E-state index in [1.54, 1.807) is 24.1 Å². The summed E-state index contributed by atoms with van der Waals surface area (Å²) in [6, 6.07) is 7.11. The van der Waals surface area contributed by atoms with Crippen molar-refractivity contribution in [2.24, 2.45) is 7.05 Å². The molecule has 0 saturated carbocycles. The van der Waals surface area contributed by atoms with Gasteiger partial charge in [-0.25, -0.2) is 9.07 Å². The number of rotatable bonds is 4. The number of hydrogen-bond acceptors (Lipinski definition) is 5. The van der Waals surface area contributed by atoms with E-state index in [0.717, 1.165) is 13.0 Å². The monoisotopic (exact) mass is 347 g/mol. The van der Waals surface area contributed by atoms with Crippen molar-refractivity contribution in [1.82, 2.24) is 24.6 Å². The van der Waals surface area contributed by atoms with Crippen molar-refractivity contribution in [2.45, 2.75) is 13.0 Å². The summed E-state index contributed by atoms with van der Waals surface area (Å²) in [7, 11) is 3.17. The van der Waals surface area contributed by atoms with E-state index in [1.807, 2.05) is 6.07 Å². The number of hydrogen-bond donors (Lipinski definition) is 0. The Morgan fingerprint density at radius 2 is 2.04 bits per heavy atom. The van der Waals surface area contributed by atoms with Gasteiger partial charge in [-0.05, 0) is 12.5 Å². The molecule has 0 N–H and O–H groups in total. The number of benzene rings is 1. The Kier molecular flexibility index (Phi) is 5.28. The number of amides is 1. The Morgan fingerprint density at radius 1 is 1.24 bits per heavy atom. The van der Waals surface area contributed by atoms with E-state index < -0.39 is 0 Å². The van der Waals surface area contributed by atoms with Crippen LogP contribution in [0, 0.1) is 5.82 Å². The molecule has 8 heteroatoms. The molecule has 1 aliphatic heterocycles. The van der Waals surface area contributed by atoms with Crippen LogP contribution in [0.25, 0.3) is 0 Å². The minimum absolute atomic E-state index is 0.141. The van der Waals surface area contributed by atoms with Crippen LogP contribution in [0.3, 0.4) is 0 Å². The van der Waals surface area contributed by atoms with Crippen molar-refractivity contribution >= 4 is 5.91 Å². The highest BCUT2D eigenvalue weighted by molar-refractivity contribution is 5.90. The lowest BCUT2D eigenvalue weighted by molar-refractivity contribution is 0.0748. The van der Waals surface area contributed by atoms with E-state index in [-0.39, 0.29) is 17.5 Å². The molecule has 1 aromatic carbocycles. The smallest absolute Gasteiger partial charge is 0.314 e. The predicted octanol–water partition coefficient (Wildman–Crippen LogP) is 1.31. The van der Waals surface area contributed by atoms with Crippen LogP contribution < -0.4 is 4.74 Å². The molecule has 3 rings (SSSR count). The van der Waals surface area contributed by atoms with Crippen molar-refractivity contribution < 1.29 is 13.9 Å². The van der Waals surface area contributed by atoms with E-state index in [2.05, 4.69) is 15.0 Å². The number of halogens is 1. The van der Waals surface area contributed by atoms with Gasteiger partial charge in [0.2, 0.25) is 5.82 Å². The highest BCUT2D eigenvalue weighted by Crippen LogP contribution is 2.14. The van der Waals surface area contributed by atoms with Gasteiger partial charge in [0.05, 0.1) is 7.11 Å². The zero-order valence-corrected chi connectivity index (χ0v) is 14.5. The van der Waals surface area contributed by atoms with Crippen LogP contribution in [0.4, 0.5) is 4.39 Å². The number of carbonyl (C=O) groups excluding carboxylic acids is 1. The average Bonchev–Trinajstić information content (AvgIpc) is 2.84. The maximum Gasteiger partial charge on any atom is 0.314 e. The molecule has 1 aliphatic rings. The summed E-state index contributed by atoms with van der Waals surface area (Å²) in [4.78, 5) is 20.6. The highest BCUT2D eigenvalue weighted by atomic mass is 19.1. The topological polar surface area (TPSA) is 63.5 Å². The third-order valence-electron chi connectivity index (χ3n) is 4.32. The number of methoxy groups -OCH3 is 1. The molecule has 1 aromatic heterocycles. The van der Waals surface area contributed by atoms with Gasteiger partial charge in [-0.3, -0.25) is 9.69 Å². The molecule has 0 atom stereocenters. The van der Waals surface area contributed by atoms with E-state index in [9.17, 15) is 9.18 Å². The Morgan fingerprint density at radius 3 is 2.76 bits per heavy atom. The lowest BCUT2D eigenvalue weighted by Gasteiger charge is -2.21. The molecule has 0 unspecified atom stereocenters. The van der Waals surface area contributed by atoms with Crippen LogP contribution in [0.1, 0.15) is 22.6 Å². The summed E-state index contributed by atoms with van der Waals surface area (Å²) < 4.78 is 20.3. The van der Waals surface area contributed by atoms with E-state index in [1.165, 1.54) is 17.9 Å². The average molecular weight is 347 g/mol. The maximum absolute atomic E-state index is 13.8. The molecule has 1 saturated heterocycles. The summed E-state index contributed by atoms with van der Waals surface area (Å²) in [5.74, 6) is -0.252. The van der Waals surface area contributed by atoms with Gasteiger partial charge >= 0.3 is 6.01 Å². The fourth-order valence-electron chi connectivity index (χ4n) is 2.98. The normalized spacial score (nSPS) is 15.9. The van der Waals surface area contributed by atoms with Gasteiger partial charge in [0.25, 0.3) is 5.91 Å². The number of carbonyl (C=O) groups is 1. The molecule has 25 heavy (non-hydrogen) atoms. The van der Waals surface area contributed by atoms with Crippen molar-refractivity contribution in [2.75, 3.05) is 33.3 Å². The highest BCUT2D eigenvalue weighted by Gasteiger charge is 2.24. The second-order valence-electron chi connectivity index (χ2n) is 6.06. The summed E-state index contributed by atoms with van der Waals surface area (Å²) in [5.41, 5.74) is 0.679.